The molecule has 3 rings (SSSR count). The van der Waals surface area contributed by atoms with Crippen molar-refractivity contribution in [3.8, 4) is 11.5 Å². The normalized spacial score (nSPS) is 10.5. The lowest BCUT2D eigenvalue weighted by Crippen LogP contribution is -2.05. The van der Waals surface area contributed by atoms with Crippen molar-refractivity contribution in [2.24, 2.45) is 0 Å². The number of carbonyl (C=O) groups is 1. The Kier molecular flexibility index (Phi) is 4.44. The van der Waals surface area contributed by atoms with Crippen molar-refractivity contribution in [1.29, 1.82) is 0 Å². The molecule has 0 radical (unpaired) electrons. The zero-order valence-corrected chi connectivity index (χ0v) is 13.2. The molecule has 1 heterocycles. The van der Waals surface area contributed by atoms with Gasteiger partial charge in [-0.15, -0.1) is 0 Å². The Bertz CT molecular complexity index is 810. The molecular formula is C18H14ClNO3. The van der Waals surface area contributed by atoms with Gasteiger partial charge in [-0.2, -0.15) is 0 Å². The standard InChI is InChI=1S/C18H14ClNO3/c1-12-16(20-17(23-12)13-5-3-2-4-6-13)11-22-18(21)14-7-9-15(19)10-8-14/h2-10H,11H2,1H3. The van der Waals surface area contributed by atoms with Crippen molar-refractivity contribution in [2.75, 3.05) is 0 Å². The number of nitrogens with zero attached hydrogens (tertiary/aromatic N) is 1. The summed E-state index contributed by atoms with van der Waals surface area (Å²) in [6.45, 7) is 1.86. The fraction of sp³-hybridized carbons (Fsp3) is 0.111. The monoisotopic (exact) mass is 327 g/mol. The third-order valence-electron chi connectivity index (χ3n) is 3.33. The van der Waals surface area contributed by atoms with Gasteiger partial charge in [-0.3, -0.25) is 0 Å². The molecular weight excluding hydrogens is 314 g/mol. The second-order valence-corrected chi connectivity index (χ2v) is 5.41. The van der Waals surface area contributed by atoms with Crippen molar-refractivity contribution in [3.05, 3.63) is 76.6 Å². The summed E-state index contributed by atoms with van der Waals surface area (Å²) in [5.74, 6) is 0.721. The van der Waals surface area contributed by atoms with Crippen LogP contribution in [0.4, 0.5) is 0 Å². The van der Waals surface area contributed by atoms with Crippen LogP contribution in [0.5, 0.6) is 0 Å². The van der Waals surface area contributed by atoms with Crippen LogP contribution in [0.25, 0.3) is 11.5 Å². The molecule has 5 heteroatoms. The first-order valence-electron chi connectivity index (χ1n) is 7.08. The van der Waals surface area contributed by atoms with Crippen molar-refractivity contribution in [1.82, 2.24) is 4.98 Å². The highest BCUT2D eigenvalue weighted by Crippen LogP contribution is 2.22. The molecule has 0 aliphatic rings. The van der Waals surface area contributed by atoms with Crippen LogP contribution in [0.1, 0.15) is 21.8 Å². The Morgan fingerprint density at radius 1 is 1.13 bits per heavy atom. The summed E-state index contributed by atoms with van der Waals surface area (Å²) in [7, 11) is 0. The maximum atomic E-state index is 12.0. The minimum Gasteiger partial charge on any atom is -0.455 e. The number of hydrogen-bond donors (Lipinski definition) is 0. The lowest BCUT2D eigenvalue weighted by Gasteiger charge is -2.03. The van der Waals surface area contributed by atoms with E-state index in [2.05, 4.69) is 4.98 Å². The van der Waals surface area contributed by atoms with E-state index in [1.807, 2.05) is 30.3 Å². The fourth-order valence-electron chi connectivity index (χ4n) is 2.07. The van der Waals surface area contributed by atoms with Gasteiger partial charge >= 0.3 is 5.97 Å². The molecule has 0 amide bonds. The van der Waals surface area contributed by atoms with Crippen LogP contribution in [0, 0.1) is 6.92 Å². The van der Waals surface area contributed by atoms with E-state index in [0.717, 1.165) is 5.56 Å². The number of carbonyl (C=O) groups excluding carboxylic acids is 1. The van der Waals surface area contributed by atoms with Crippen LogP contribution < -0.4 is 0 Å². The first-order chi connectivity index (χ1) is 11.1. The van der Waals surface area contributed by atoms with Gasteiger partial charge in [-0.1, -0.05) is 29.8 Å². The second kappa shape index (κ2) is 6.67. The van der Waals surface area contributed by atoms with Crippen molar-refractivity contribution in [3.63, 3.8) is 0 Å². The number of aryl methyl sites for hydroxylation is 1. The summed E-state index contributed by atoms with van der Waals surface area (Å²) >= 11 is 5.80. The average molecular weight is 328 g/mol. The van der Waals surface area contributed by atoms with Crippen LogP contribution in [-0.4, -0.2) is 11.0 Å². The van der Waals surface area contributed by atoms with E-state index < -0.39 is 5.97 Å². The third kappa shape index (κ3) is 3.60. The van der Waals surface area contributed by atoms with Gasteiger partial charge < -0.3 is 9.15 Å². The van der Waals surface area contributed by atoms with Gasteiger partial charge in [0.25, 0.3) is 0 Å². The Labute approximate surface area is 138 Å². The molecule has 23 heavy (non-hydrogen) atoms. The molecule has 0 saturated heterocycles. The molecule has 3 aromatic rings. The van der Waals surface area contributed by atoms with E-state index in [1.165, 1.54) is 0 Å². The van der Waals surface area contributed by atoms with Crippen LogP contribution >= 0.6 is 11.6 Å². The lowest BCUT2D eigenvalue weighted by atomic mass is 10.2. The number of aromatic nitrogens is 1. The maximum absolute atomic E-state index is 12.0. The smallest absolute Gasteiger partial charge is 0.338 e. The van der Waals surface area contributed by atoms with E-state index >= 15 is 0 Å². The minimum atomic E-state index is -0.426. The first-order valence-corrected chi connectivity index (χ1v) is 7.45. The highest BCUT2D eigenvalue weighted by Gasteiger charge is 2.14. The largest absolute Gasteiger partial charge is 0.455 e. The van der Waals surface area contributed by atoms with Crippen molar-refractivity contribution < 1.29 is 13.9 Å². The van der Waals surface area contributed by atoms with Gasteiger partial charge in [0.15, 0.2) is 0 Å². The molecule has 1 aromatic heterocycles. The van der Waals surface area contributed by atoms with Gasteiger partial charge in [0.1, 0.15) is 18.1 Å². The van der Waals surface area contributed by atoms with Crippen LogP contribution in [0.15, 0.2) is 59.0 Å². The molecule has 2 aromatic carbocycles. The molecule has 0 N–H and O–H groups in total. The second-order valence-electron chi connectivity index (χ2n) is 4.97. The highest BCUT2D eigenvalue weighted by molar-refractivity contribution is 6.30. The fourth-order valence-corrected chi connectivity index (χ4v) is 2.20. The summed E-state index contributed by atoms with van der Waals surface area (Å²) in [6, 6.07) is 16.1. The zero-order chi connectivity index (χ0) is 16.2. The SMILES string of the molecule is Cc1oc(-c2ccccc2)nc1COC(=O)c1ccc(Cl)cc1. The van der Waals surface area contributed by atoms with Gasteiger partial charge in [0, 0.05) is 10.6 Å². The molecule has 0 saturated carbocycles. The molecule has 0 atom stereocenters. The predicted molar refractivity (Wildman–Crippen MR) is 87.2 cm³/mol. The Balaban J connectivity index is 1.70. The van der Waals surface area contributed by atoms with Gasteiger partial charge in [0.05, 0.1) is 5.56 Å². The molecule has 0 spiro atoms. The Morgan fingerprint density at radius 2 is 1.83 bits per heavy atom. The van der Waals surface area contributed by atoms with Gasteiger partial charge in [-0.05, 0) is 43.3 Å². The van der Waals surface area contributed by atoms with Crippen LogP contribution in [0.2, 0.25) is 5.02 Å². The predicted octanol–water partition coefficient (Wildman–Crippen LogP) is 4.66. The number of ether oxygens (including phenoxy) is 1. The average Bonchev–Trinajstić information content (AvgIpc) is 2.95. The topological polar surface area (TPSA) is 52.3 Å². The molecule has 0 bridgehead atoms. The molecule has 4 nitrogen and oxygen atoms in total. The summed E-state index contributed by atoms with van der Waals surface area (Å²) in [5.41, 5.74) is 1.93. The number of benzene rings is 2. The van der Waals surface area contributed by atoms with Crippen molar-refractivity contribution >= 4 is 17.6 Å². The van der Waals surface area contributed by atoms with Gasteiger partial charge in [-0.25, -0.2) is 9.78 Å². The number of esters is 1. The Morgan fingerprint density at radius 3 is 2.52 bits per heavy atom. The van der Waals surface area contributed by atoms with E-state index in [0.29, 0.717) is 27.9 Å². The van der Waals surface area contributed by atoms with E-state index in [-0.39, 0.29) is 6.61 Å². The molecule has 0 fully saturated rings. The summed E-state index contributed by atoms with van der Waals surface area (Å²) in [6.07, 6.45) is 0. The van der Waals surface area contributed by atoms with E-state index in [1.54, 1.807) is 31.2 Å². The maximum Gasteiger partial charge on any atom is 0.338 e. The molecule has 116 valence electrons. The molecule has 0 unspecified atom stereocenters. The number of rotatable bonds is 4. The Hall–Kier alpha value is -2.59. The molecule has 0 aliphatic carbocycles. The van der Waals surface area contributed by atoms with E-state index in [4.69, 9.17) is 20.8 Å². The highest BCUT2D eigenvalue weighted by atomic mass is 35.5. The third-order valence-corrected chi connectivity index (χ3v) is 3.59. The van der Waals surface area contributed by atoms with Gasteiger partial charge in [0.2, 0.25) is 5.89 Å². The zero-order valence-electron chi connectivity index (χ0n) is 12.5. The number of oxazole rings is 1. The van der Waals surface area contributed by atoms with E-state index in [9.17, 15) is 4.79 Å². The number of hydrogen-bond acceptors (Lipinski definition) is 4. The van der Waals surface area contributed by atoms with Crippen LogP contribution in [-0.2, 0) is 11.3 Å². The van der Waals surface area contributed by atoms with Crippen molar-refractivity contribution in [2.45, 2.75) is 13.5 Å². The quantitative estimate of drug-likeness (QED) is 0.654. The first kappa shape index (κ1) is 15.3. The summed E-state index contributed by atoms with van der Waals surface area (Å²) < 4.78 is 10.9. The lowest BCUT2D eigenvalue weighted by molar-refractivity contribution is 0.0467. The molecule has 0 aliphatic heterocycles. The summed E-state index contributed by atoms with van der Waals surface area (Å²) in [4.78, 5) is 16.4. The van der Waals surface area contributed by atoms with Crippen LogP contribution in [0.3, 0.4) is 0 Å². The summed E-state index contributed by atoms with van der Waals surface area (Å²) in [5, 5.41) is 0.571. The number of halogens is 1. The minimum absolute atomic E-state index is 0.0592.